The number of rotatable bonds is 24. The van der Waals surface area contributed by atoms with Crippen LogP contribution in [-0.4, -0.2) is 231 Å². The first-order valence-corrected chi connectivity index (χ1v) is 32.0. The fraction of sp³-hybridized carbons (Fsp3) is 0.567. The summed E-state index contributed by atoms with van der Waals surface area (Å²) in [5.41, 5.74) is 7.50. The molecule has 4 fully saturated rings. The standard InChI is InChI=1S/C60H84N10O20S2.Na/c1-33-31-70-52(53(33)78)58(83)62-30-39(72)27-42(63-54(79)36-10-12-37(13-11-36)67-19-21-68(22-20-67)38-14-16-41(17-15-38)91-24-8-6-4-5-7-23-87-3)55(80)64-49(34(2)71)59(84)69-32-40(73)28-43(69)56(81)65-50(57(82)66-51(60(70)85)46(76)29-48(61)77)45(75)25-35-9-18-44(74)47(26-35)88-92-90-89-86;/h9-18,26,33-34,39-40,42-43,45-46,49-53,71-76,78,86H,4-8,19-25,27-32H2,1-3H3,(H2,61,77)(H,62,83)(H,63,79)(H,64,80)(H,65,81)(H,66,82);/q;+1/p-1. The number of phenols is 1. The number of aromatic hydroxyl groups is 1. The number of hydrogen-bond donors (Lipinski definition) is 13. The minimum Gasteiger partial charge on any atom is -0.691 e. The molecule has 506 valence electrons. The van der Waals surface area contributed by atoms with Gasteiger partial charge in [0.1, 0.15) is 36.3 Å². The summed E-state index contributed by atoms with van der Waals surface area (Å²) in [5.74, 6) is -9.93. The number of carbonyl (C=O) groups excluding carboxylic acids is 8. The predicted molar refractivity (Wildman–Crippen MR) is 330 cm³/mol. The number of fused-ring (bicyclic) bond motifs is 2. The Balaban J connectivity index is 0.0000137. The number of piperazine rings is 1. The molecule has 0 aliphatic carbocycles. The van der Waals surface area contributed by atoms with Crippen molar-refractivity contribution in [1.82, 2.24) is 36.4 Å². The average Bonchev–Trinajstić information content (AvgIpc) is 1.70. The Morgan fingerprint density at radius 2 is 1.35 bits per heavy atom. The Kier molecular flexibility index (Phi) is 30.0. The molecular formula is C60H83N10NaO20S2. The van der Waals surface area contributed by atoms with E-state index < -0.39 is 177 Å². The van der Waals surface area contributed by atoms with E-state index in [0.29, 0.717) is 13.1 Å². The summed E-state index contributed by atoms with van der Waals surface area (Å²) in [4.78, 5) is 121. The van der Waals surface area contributed by atoms with E-state index in [0.717, 1.165) is 78.5 Å². The van der Waals surface area contributed by atoms with Crippen molar-refractivity contribution < 1.29 is 127 Å². The fourth-order valence-electron chi connectivity index (χ4n) is 11.5. The number of amides is 8. The van der Waals surface area contributed by atoms with Gasteiger partial charge in [0.2, 0.25) is 41.4 Å². The van der Waals surface area contributed by atoms with Crippen LogP contribution in [0.1, 0.15) is 81.1 Å². The number of β-amino-alcohol motifs (C(OH)–C–C–N with tert-alkyl or cyclic N) is 1. The van der Waals surface area contributed by atoms with Crippen molar-refractivity contribution >= 4 is 82.7 Å². The molecule has 0 aromatic heterocycles. The SMILES string of the molecule is COCCCCCCCSc1ccc(N2CCN(c3ccc(C(=O)NC4CC(O)CNC(=O)C5C(O)C(C)CN5C(=O)C(C(O)CC(N)=O)NC(=O)C(C(O)Cc5ccc(O)c(OSOO[O-])c5)NC(=O)C5CC(O)CN5C(=O)C(C(C)O)NC4=O)cc3)CC2)cc1.[Na+]. The summed E-state index contributed by atoms with van der Waals surface area (Å²) in [6.07, 6.45) is -7.71. The van der Waals surface area contributed by atoms with E-state index in [-0.39, 0.29) is 58.8 Å². The van der Waals surface area contributed by atoms with Crippen molar-refractivity contribution in [2.24, 2.45) is 11.7 Å². The van der Waals surface area contributed by atoms with E-state index >= 15 is 0 Å². The van der Waals surface area contributed by atoms with Gasteiger partial charge in [0, 0.05) is 107 Å². The molecule has 3 aromatic rings. The van der Waals surface area contributed by atoms with Gasteiger partial charge in [0.25, 0.3) is 18.2 Å². The van der Waals surface area contributed by atoms with Crippen LogP contribution in [0.3, 0.4) is 0 Å². The first kappa shape index (κ1) is 75.9. The maximum atomic E-state index is 14.7. The first-order valence-electron chi connectivity index (χ1n) is 30.4. The number of methoxy groups -OCH3 is 1. The summed E-state index contributed by atoms with van der Waals surface area (Å²) in [5, 5.41) is 104. The number of benzene rings is 3. The predicted octanol–water partition coefficient (Wildman–Crippen LogP) is -5.60. The van der Waals surface area contributed by atoms with E-state index in [2.05, 4.69) is 70.0 Å². The fourth-order valence-corrected chi connectivity index (χ4v) is 12.7. The molecule has 4 aliphatic rings. The normalized spacial score (nSPS) is 25.4. The molecule has 30 nitrogen and oxygen atoms in total. The minimum atomic E-state index is -2.21. The van der Waals surface area contributed by atoms with Gasteiger partial charge in [-0.15, -0.1) is 16.1 Å². The van der Waals surface area contributed by atoms with Crippen molar-refractivity contribution in [2.45, 2.75) is 149 Å². The molecule has 0 spiro atoms. The van der Waals surface area contributed by atoms with Crippen molar-refractivity contribution in [2.75, 3.05) is 75.1 Å². The minimum absolute atomic E-state index is 0. The number of aliphatic hydroxyl groups excluding tert-OH is 6. The number of unbranched alkanes of at least 4 members (excludes halogenated alkanes) is 4. The molecule has 0 radical (unpaired) electrons. The number of phenolic OH excluding ortho intramolecular Hbond substituents is 1. The Labute approximate surface area is 568 Å². The number of nitrogens with two attached hydrogens (primary N) is 1. The summed E-state index contributed by atoms with van der Waals surface area (Å²) >= 11 is 1.85. The number of ether oxygens (including phenoxy) is 1. The van der Waals surface area contributed by atoms with Gasteiger partial charge in [0.15, 0.2) is 11.5 Å². The Morgan fingerprint density at radius 3 is 1.99 bits per heavy atom. The zero-order chi connectivity index (χ0) is 66.8. The summed E-state index contributed by atoms with van der Waals surface area (Å²) in [6, 6.07) is 7.01. The third-order valence-corrected chi connectivity index (χ3v) is 18.0. The van der Waals surface area contributed by atoms with Gasteiger partial charge in [-0.05, 0) is 91.7 Å². The zero-order valence-corrected chi connectivity index (χ0v) is 55.8. The third-order valence-electron chi connectivity index (χ3n) is 16.5. The van der Waals surface area contributed by atoms with Crippen LogP contribution >= 0.6 is 24.1 Å². The second-order valence-corrected chi connectivity index (χ2v) is 25.0. The summed E-state index contributed by atoms with van der Waals surface area (Å²) < 4.78 is 14.3. The number of carbonyl (C=O) groups is 8. The van der Waals surface area contributed by atoms with Crippen LogP contribution in [0.4, 0.5) is 11.4 Å². The van der Waals surface area contributed by atoms with E-state index in [9.17, 15) is 79.4 Å². The van der Waals surface area contributed by atoms with Crippen LogP contribution in [0.15, 0.2) is 71.6 Å². The van der Waals surface area contributed by atoms with Gasteiger partial charge in [-0.1, -0.05) is 32.3 Å². The second kappa shape index (κ2) is 36.7. The maximum Gasteiger partial charge on any atom is 1.00 e. The maximum absolute atomic E-state index is 14.7. The van der Waals surface area contributed by atoms with Crippen LogP contribution in [-0.2, 0) is 54.1 Å². The molecule has 4 heterocycles. The molecule has 13 unspecified atom stereocenters. The molecule has 4 aliphatic heterocycles. The van der Waals surface area contributed by atoms with Gasteiger partial charge < -0.3 is 102 Å². The van der Waals surface area contributed by atoms with Crippen molar-refractivity contribution in [1.29, 1.82) is 0 Å². The van der Waals surface area contributed by atoms with Crippen molar-refractivity contribution in [3.8, 4) is 11.5 Å². The average molecular weight is 1350 g/mol. The molecule has 7 rings (SSSR count). The van der Waals surface area contributed by atoms with Crippen LogP contribution in [0, 0.1) is 5.92 Å². The molecule has 13 atom stereocenters. The Hall–Kier alpha value is -6.08. The van der Waals surface area contributed by atoms with Gasteiger partial charge >= 0.3 is 29.6 Å². The molecule has 8 amide bonds. The molecular weight excluding hydrogens is 1270 g/mol. The number of hydrogen-bond acceptors (Lipinski definition) is 24. The zero-order valence-electron chi connectivity index (χ0n) is 52.2. The van der Waals surface area contributed by atoms with E-state index in [1.807, 2.05) is 11.8 Å². The van der Waals surface area contributed by atoms with E-state index in [4.69, 9.17) is 14.7 Å². The topological polar surface area (TPSA) is 437 Å². The molecule has 4 saturated heterocycles. The number of nitrogens with zero attached hydrogens (tertiary/aromatic N) is 4. The molecule has 14 N–H and O–H groups in total. The van der Waals surface area contributed by atoms with Crippen LogP contribution < -0.4 is 81.1 Å². The first-order chi connectivity index (χ1) is 44.0. The Bertz CT molecular complexity index is 2990. The van der Waals surface area contributed by atoms with Gasteiger partial charge in [-0.25, -0.2) is 0 Å². The largest absolute Gasteiger partial charge is 1.00 e. The van der Waals surface area contributed by atoms with E-state index in [1.54, 1.807) is 31.4 Å². The van der Waals surface area contributed by atoms with Crippen molar-refractivity contribution in [3.63, 3.8) is 0 Å². The van der Waals surface area contributed by atoms with E-state index in [1.165, 1.54) is 37.1 Å². The van der Waals surface area contributed by atoms with Gasteiger partial charge in [-0.3, -0.25) is 43.4 Å². The Morgan fingerprint density at radius 1 is 0.742 bits per heavy atom. The molecule has 3 aromatic carbocycles. The molecule has 0 bridgehead atoms. The monoisotopic (exact) mass is 1350 g/mol. The third kappa shape index (κ3) is 21.2. The molecule has 33 heteroatoms. The molecule has 93 heavy (non-hydrogen) atoms. The number of nitrogens with one attached hydrogen (secondary N) is 5. The number of primary amides is 1. The van der Waals surface area contributed by atoms with Crippen LogP contribution in [0.5, 0.6) is 11.5 Å². The van der Waals surface area contributed by atoms with Crippen LogP contribution in [0.2, 0.25) is 0 Å². The number of anilines is 2. The smallest absolute Gasteiger partial charge is 0.691 e. The molecule has 0 saturated carbocycles. The van der Waals surface area contributed by atoms with Gasteiger partial charge in [0.05, 0.1) is 43.0 Å². The van der Waals surface area contributed by atoms with Crippen LogP contribution in [0.25, 0.3) is 0 Å². The summed E-state index contributed by atoms with van der Waals surface area (Å²) in [6.45, 7) is 4.51. The second-order valence-electron chi connectivity index (χ2n) is 23.4. The number of aliphatic hydroxyl groups is 6. The van der Waals surface area contributed by atoms with Crippen molar-refractivity contribution in [3.05, 3.63) is 77.9 Å². The van der Waals surface area contributed by atoms with Gasteiger partial charge in [-0.2, -0.15) is 0 Å². The summed E-state index contributed by atoms with van der Waals surface area (Å²) in [7, 11) is 1.72. The number of thioether (sulfide) groups is 1. The quantitative estimate of drug-likeness (QED) is 0.00993.